The van der Waals surface area contributed by atoms with Crippen LogP contribution in [0.4, 0.5) is 5.69 Å². The lowest BCUT2D eigenvalue weighted by Gasteiger charge is -2.15. The second-order valence-electron chi connectivity index (χ2n) is 5.13. The lowest BCUT2D eigenvalue weighted by atomic mass is 10.1. The number of thiol groups is 1. The van der Waals surface area contributed by atoms with Gasteiger partial charge in [-0.15, -0.1) is 0 Å². The predicted octanol–water partition coefficient (Wildman–Crippen LogP) is 4.55. The third-order valence-electron chi connectivity index (χ3n) is 3.25. The summed E-state index contributed by atoms with van der Waals surface area (Å²) in [6, 6.07) is 13.9. The summed E-state index contributed by atoms with van der Waals surface area (Å²) in [5.74, 6) is -0.0881. The van der Waals surface area contributed by atoms with E-state index in [1.807, 2.05) is 56.3 Å². The molecule has 110 valence electrons. The summed E-state index contributed by atoms with van der Waals surface area (Å²) in [5, 5.41) is 2.59. The minimum absolute atomic E-state index is 0.0881. The summed E-state index contributed by atoms with van der Waals surface area (Å²) in [4.78, 5) is 12.3. The zero-order valence-electron chi connectivity index (χ0n) is 12.1. The highest BCUT2D eigenvalue weighted by atomic mass is 79.9. The van der Waals surface area contributed by atoms with Crippen LogP contribution in [0.25, 0.3) is 0 Å². The fraction of sp³-hybridized carbons (Fsp3) is 0.235. The maximum atomic E-state index is 12.3. The van der Waals surface area contributed by atoms with Gasteiger partial charge in [-0.3, -0.25) is 4.79 Å². The monoisotopic (exact) mass is 363 g/mol. The summed E-state index contributed by atoms with van der Waals surface area (Å²) in [5.41, 5.74) is 4.12. The highest BCUT2D eigenvalue weighted by molar-refractivity contribution is 9.10. The molecule has 0 aromatic heterocycles. The van der Waals surface area contributed by atoms with Gasteiger partial charge in [-0.05, 0) is 59.0 Å². The first kappa shape index (κ1) is 16.1. The number of benzene rings is 2. The van der Waals surface area contributed by atoms with Crippen molar-refractivity contribution in [1.82, 2.24) is 0 Å². The molecule has 0 saturated carbocycles. The quantitative estimate of drug-likeness (QED) is 0.766. The molecule has 0 radical (unpaired) electrons. The highest BCUT2D eigenvalue weighted by Gasteiger charge is 2.17. The van der Waals surface area contributed by atoms with Crippen molar-refractivity contribution in [2.24, 2.45) is 0 Å². The third kappa shape index (κ3) is 4.35. The molecule has 0 saturated heterocycles. The Hall–Kier alpha value is -1.26. The van der Waals surface area contributed by atoms with Gasteiger partial charge in [0, 0.05) is 4.47 Å². The largest absolute Gasteiger partial charge is 0.324 e. The number of anilines is 1. The molecule has 0 heterocycles. The smallest absolute Gasteiger partial charge is 0.237 e. The van der Waals surface area contributed by atoms with Crippen molar-refractivity contribution in [3.63, 3.8) is 0 Å². The van der Waals surface area contributed by atoms with Gasteiger partial charge in [0.15, 0.2) is 0 Å². The van der Waals surface area contributed by atoms with Gasteiger partial charge in [0.2, 0.25) is 5.91 Å². The first-order valence-corrected chi connectivity index (χ1v) is 8.08. The molecule has 2 rings (SSSR count). The third-order valence-corrected chi connectivity index (χ3v) is 4.30. The maximum absolute atomic E-state index is 12.3. The van der Waals surface area contributed by atoms with E-state index in [1.54, 1.807) is 0 Å². The Bertz CT molecular complexity index is 619. The zero-order chi connectivity index (χ0) is 15.4. The number of carbonyl (C=O) groups excluding carboxylic acids is 1. The number of halogens is 1. The molecule has 1 amide bonds. The molecule has 0 bridgehead atoms. The first-order valence-electron chi connectivity index (χ1n) is 6.77. The predicted molar refractivity (Wildman–Crippen MR) is 95.2 cm³/mol. The molecule has 1 atom stereocenters. The molecule has 1 N–H and O–H groups in total. The zero-order valence-corrected chi connectivity index (χ0v) is 14.5. The van der Waals surface area contributed by atoms with Crippen LogP contribution in [-0.2, 0) is 11.2 Å². The van der Waals surface area contributed by atoms with Crippen LogP contribution in [0.15, 0.2) is 46.9 Å². The van der Waals surface area contributed by atoms with Crippen LogP contribution < -0.4 is 5.32 Å². The number of amides is 1. The molecule has 0 fully saturated rings. The minimum atomic E-state index is -0.375. The average molecular weight is 364 g/mol. The second kappa shape index (κ2) is 7.14. The Morgan fingerprint density at radius 2 is 1.90 bits per heavy atom. The Morgan fingerprint density at radius 3 is 2.52 bits per heavy atom. The summed E-state index contributed by atoms with van der Waals surface area (Å²) in [7, 11) is 0. The molecule has 2 nitrogen and oxygen atoms in total. The van der Waals surface area contributed by atoms with Gasteiger partial charge >= 0.3 is 0 Å². The Balaban J connectivity index is 2.08. The van der Waals surface area contributed by atoms with Gasteiger partial charge in [0.1, 0.15) is 0 Å². The van der Waals surface area contributed by atoms with E-state index in [-0.39, 0.29) is 11.2 Å². The van der Waals surface area contributed by atoms with Crippen LogP contribution in [0.1, 0.15) is 16.7 Å². The Morgan fingerprint density at radius 1 is 1.24 bits per heavy atom. The van der Waals surface area contributed by atoms with Crippen molar-refractivity contribution < 1.29 is 4.79 Å². The van der Waals surface area contributed by atoms with Crippen LogP contribution in [0.3, 0.4) is 0 Å². The average Bonchev–Trinajstić information content (AvgIpc) is 2.43. The number of hydrogen-bond donors (Lipinski definition) is 2. The minimum Gasteiger partial charge on any atom is -0.324 e. The van der Waals surface area contributed by atoms with Crippen molar-refractivity contribution >= 4 is 40.2 Å². The van der Waals surface area contributed by atoms with Crippen LogP contribution in [0.5, 0.6) is 0 Å². The molecular formula is C17H18BrNOS. The van der Waals surface area contributed by atoms with Gasteiger partial charge in [-0.1, -0.05) is 36.4 Å². The lowest BCUT2D eigenvalue weighted by molar-refractivity contribution is -0.115. The normalized spacial score (nSPS) is 12.0. The van der Waals surface area contributed by atoms with Crippen molar-refractivity contribution in [2.45, 2.75) is 25.5 Å². The molecule has 1 unspecified atom stereocenters. The fourth-order valence-corrected chi connectivity index (χ4v) is 3.26. The standard InChI is InChI=1S/C17H18BrNOS/c1-11-8-12(2)16(14(18)9-11)19-17(20)15(21)10-13-6-4-3-5-7-13/h3-9,15,21H,10H2,1-2H3,(H,19,20). The van der Waals surface area contributed by atoms with Gasteiger partial charge in [0.25, 0.3) is 0 Å². The van der Waals surface area contributed by atoms with Gasteiger partial charge < -0.3 is 5.32 Å². The fourth-order valence-electron chi connectivity index (χ4n) is 2.21. The van der Waals surface area contributed by atoms with Crippen molar-refractivity contribution in [1.29, 1.82) is 0 Å². The van der Waals surface area contributed by atoms with Crippen LogP contribution in [0, 0.1) is 13.8 Å². The SMILES string of the molecule is Cc1cc(C)c(NC(=O)C(S)Cc2ccccc2)c(Br)c1. The highest BCUT2D eigenvalue weighted by Crippen LogP contribution is 2.28. The van der Waals surface area contributed by atoms with Gasteiger partial charge in [-0.2, -0.15) is 12.6 Å². The number of carbonyl (C=O) groups is 1. The van der Waals surface area contributed by atoms with Crippen LogP contribution >= 0.6 is 28.6 Å². The van der Waals surface area contributed by atoms with Crippen LogP contribution in [0.2, 0.25) is 0 Å². The van der Waals surface area contributed by atoms with E-state index in [9.17, 15) is 4.79 Å². The van der Waals surface area contributed by atoms with Crippen LogP contribution in [-0.4, -0.2) is 11.2 Å². The summed E-state index contributed by atoms with van der Waals surface area (Å²) in [6.45, 7) is 4.01. The summed E-state index contributed by atoms with van der Waals surface area (Å²) in [6.07, 6.45) is 0.609. The summed E-state index contributed by atoms with van der Waals surface area (Å²) < 4.78 is 0.897. The van der Waals surface area contributed by atoms with E-state index in [1.165, 1.54) is 0 Å². The van der Waals surface area contributed by atoms with E-state index >= 15 is 0 Å². The van der Waals surface area contributed by atoms with Crippen molar-refractivity contribution in [3.8, 4) is 0 Å². The van der Waals surface area contributed by atoms with E-state index < -0.39 is 0 Å². The molecule has 4 heteroatoms. The van der Waals surface area contributed by atoms with Crippen molar-refractivity contribution in [3.05, 3.63) is 63.6 Å². The first-order chi connectivity index (χ1) is 9.97. The Kier molecular flexibility index (Phi) is 5.48. The topological polar surface area (TPSA) is 29.1 Å². The van der Waals surface area contributed by atoms with Crippen molar-refractivity contribution in [2.75, 3.05) is 5.32 Å². The van der Waals surface area contributed by atoms with E-state index in [4.69, 9.17) is 0 Å². The molecule has 0 aliphatic heterocycles. The second-order valence-corrected chi connectivity index (χ2v) is 6.61. The lowest BCUT2D eigenvalue weighted by Crippen LogP contribution is -2.25. The number of aryl methyl sites for hydroxylation is 2. The maximum Gasteiger partial charge on any atom is 0.237 e. The molecular weight excluding hydrogens is 346 g/mol. The number of nitrogens with one attached hydrogen (secondary N) is 1. The molecule has 0 aliphatic rings. The molecule has 0 aliphatic carbocycles. The number of rotatable bonds is 4. The molecule has 2 aromatic carbocycles. The number of hydrogen-bond acceptors (Lipinski definition) is 2. The van der Waals surface area contributed by atoms with Gasteiger partial charge in [0.05, 0.1) is 10.9 Å². The van der Waals surface area contributed by atoms with E-state index in [0.717, 1.165) is 26.9 Å². The summed E-state index contributed by atoms with van der Waals surface area (Å²) >= 11 is 7.93. The molecule has 0 spiro atoms. The van der Waals surface area contributed by atoms with E-state index in [0.29, 0.717) is 6.42 Å². The molecule has 21 heavy (non-hydrogen) atoms. The van der Waals surface area contributed by atoms with E-state index in [2.05, 4.69) is 33.9 Å². The Labute approximate surface area is 139 Å². The molecule has 2 aromatic rings. The van der Waals surface area contributed by atoms with Gasteiger partial charge in [-0.25, -0.2) is 0 Å².